The van der Waals surface area contributed by atoms with Gasteiger partial charge in [-0.3, -0.25) is 4.79 Å². The van der Waals surface area contributed by atoms with Gasteiger partial charge in [0.15, 0.2) is 11.5 Å². The van der Waals surface area contributed by atoms with Crippen LogP contribution in [0.25, 0.3) is 0 Å². The molecule has 0 aromatic heterocycles. The second-order valence-corrected chi connectivity index (χ2v) is 6.86. The lowest BCUT2D eigenvalue weighted by Crippen LogP contribution is -2.25. The first-order valence-corrected chi connectivity index (χ1v) is 9.36. The van der Waals surface area contributed by atoms with Gasteiger partial charge in [0.05, 0.1) is 7.11 Å². The van der Waals surface area contributed by atoms with Gasteiger partial charge >= 0.3 is 6.61 Å². The molecule has 0 fully saturated rings. The standard InChI is InChI=1S/C22H27F2NO3/c1-15(2)18-8-4-16(5-9-18)7-11-21(26)25-13-12-17-6-10-19(27-3)20(14-17)28-22(23)24/h4-6,8-10,14-15,22H,7,11-13H2,1-3H3,(H,25,26). The number of carbonyl (C=O) groups is 1. The third-order valence-electron chi connectivity index (χ3n) is 4.47. The summed E-state index contributed by atoms with van der Waals surface area (Å²) in [5.74, 6) is 0.690. The van der Waals surface area contributed by atoms with Crippen LogP contribution in [0.15, 0.2) is 42.5 Å². The molecule has 2 aromatic rings. The zero-order valence-electron chi connectivity index (χ0n) is 16.5. The summed E-state index contributed by atoms with van der Waals surface area (Å²) in [6.07, 6.45) is 1.60. The normalized spacial score (nSPS) is 11.0. The number of rotatable bonds is 10. The van der Waals surface area contributed by atoms with E-state index < -0.39 is 6.61 Å². The Morgan fingerprint density at radius 1 is 1.00 bits per heavy atom. The predicted molar refractivity (Wildman–Crippen MR) is 105 cm³/mol. The van der Waals surface area contributed by atoms with Crippen LogP contribution in [-0.2, 0) is 17.6 Å². The van der Waals surface area contributed by atoms with Gasteiger partial charge in [-0.05, 0) is 47.6 Å². The summed E-state index contributed by atoms with van der Waals surface area (Å²) in [6, 6.07) is 13.2. The molecule has 0 unspecified atom stereocenters. The van der Waals surface area contributed by atoms with Gasteiger partial charge in [-0.15, -0.1) is 0 Å². The van der Waals surface area contributed by atoms with Crippen LogP contribution in [-0.4, -0.2) is 26.2 Å². The van der Waals surface area contributed by atoms with Gasteiger partial charge in [0.1, 0.15) is 0 Å². The van der Waals surface area contributed by atoms with Crippen LogP contribution < -0.4 is 14.8 Å². The molecule has 1 amide bonds. The van der Waals surface area contributed by atoms with Crippen molar-refractivity contribution in [3.63, 3.8) is 0 Å². The molecule has 0 aliphatic rings. The van der Waals surface area contributed by atoms with E-state index in [0.717, 1.165) is 11.1 Å². The Kier molecular flexibility index (Phi) is 8.23. The minimum atomic E-state index is -2.92. The van der Waals surface area contributed by atoms with Crippen molar-refractivity contribution in [2.75, 3.05) is 13.7 Å². The van der Waals surface area contributed by atoms with E-state index in [9.17, 15) is 13.6 Å². The average Bonchev–Trinajstić information content (AvgIpc) is 2.66. The fraction of sp³-hybridized carbons (Fsp3) is 0.409. The fourth-order valence-corrected chi connectivity index (χ4v) is 2.83. The molecule has 6 heteroatoms. The number of carbonyl (C=O) groups excluding carboxylic acids is 1. The number of ether oxygens (including phenoxy) is 2. The second-order valence-electron chi connectivity index (χ2n) is 6.86. The van der Waals surface area contributed by atoms with E-state index in [2.05, 4.69) is 48.2 Å². The molecule has 0 saturated carbocycles. The molecule has 0 heterocycles. The third-order valence-corrected chi connectivity index (χ3v) is 4.47. The molecule has 152 valence electrons. The molecular weight excluding hydrogens is 364 g/mol. The molecule has 2 rings (SSSR count). The highest BCUT2D eigenvalue weighted by Gasteiger charge is 2.11. The third kappa shape index (κ3) is 6.83. The Morgan fingerprint density at radius 3 is 2.29 bits per heavy atom. The predicted octanol–water partition coefficient (Wildman–Crippen LogP) is 4.71. The zero-order chi connectivity index (χ0) is 20.5. The lowest BCUT2D eigenvalue weighted by Gasteiger charge is -2.12. The second kappa shape index (κ2) is 10.6. The first-order chi connectivity index (χ1) is 13.4. The van der Waals surface area contributed by atoms with Crippen LogP contribution in [0.2, 0.25) is 0 Å². The van der Waals surface area contributed by atoms with Crippen LogP contribution >= 0.6 is 0 Å². The minimum Gasteiger partial charge on any atom is -0.493 e. The highest BCUT2D eigenvalue weighted by atomic mass is 19.3. The molecule has 0 spiro atoms. The summed E-state index contributed by atoms with van der Waals surface area (Å²) >= 11 is 0. The van der Waals surface area contributed by atoms with E-state index in [1.54, 1.807) is 12.1 Å². The topological polar surface area (TPSA) is 47.6 Å². The molecule has 0 bridgehead atoms. The lowest BCUT2D eigenvalue weighted by molar-refractivity contribution is -0.121. The van der Waals surface area contributed by atoms with Crippen molar-refractivity contribution >= 4 is 5.91 Å². The molecular formula is C22H27F2NO3. The van der Waals surface area contributed by atoms with Crippen LogP contribution in [0, 0.1) is 0 Å². The number of halogens is 2. The summed E-state index contributed by atoms with van der Waals surface area (Å²) in [6.45, 7) is 1.80. The molecule has 28 heavy (non-hydrogen) atoms. The number of methoxy groups -OCH3 is 1. The van der Waals surface area contributed by atoms with Crippen molar-refractivity contribution in [1.29, 1.82) is 0 Å². The maximum absolute atomic E-state index is 12.5. The van der Waals surface area contributed by atoms with Crippen LogP contribution in [0.3, 0.4) is 0 Å². The largest absolute Gasteiger partial charge is 0.493 e. The van der Waals surface area contributed by atoms with Crippen molar-refractivity contribution in [3.8, 4) is 11.5 Å². The number of hydrogen-bond acceptors (Lipinski definition) is 3. The summed E-state index contributed by atoms with van der Waals surface area (Å²) in [5, 5.41) is 2.86. The van der Waals surface area contributed by atoms with Gasteiger partial charge in [-0.1, -0.05) is 44.2 Å². The molecule has 2 aromatic carbocycles. The lowest BCUT2D eigenvalue weighted by atomic mass is 10.0. The van der Waals surface area contributed by atoms with Crippen molar-refractivity contribution in [2.45, 2.75) is 45.6 Å². The van der Waals surface area contributed by atoms with Crippen LogP contribution in [0.5, 0.6) is 11.5 Å². The number of alkyl halides is 2. The first kappa shape index (κ1) is 21.7. The van der Waals surface area contributed by atoms with Crippen molar-refractivity contribution in [1.82, 2.24) is 5.32 Å². The zero-order valence-corrected chi connectivity index (χ0v) is 16.5. The smallest absolute Gasteiger partial charge is 0.387 e. The molecule has 0 radical (unpaired) electrons. The highest BCUT2D eigenvalue weighted by molar-refractivity contribution is 5.76. The monoisotopic (exact) mass is 391 g/mol. The summed E-state index contributed by atoms with van der Waals surface area (Å²) in [5.41, 5.74) is 3.19. The molecule has 0 atom stereocenters. The van der Waals surface area contributed by atoms with Crippen molar-refractivity contribution < 1.29 is 23.0 Å². The number of amides is 1. The van der Waals surface area contributed by atoms with E-state index >= 15 is 0 Å². The maximum Gasteiger partial charge on any atom is 0.387 e. The van der Waals surface area contributed by atoms with Gasteiger partial charge in [-0.25, -0.2) is 0 Å². The molecule has 0 aliphatic heterocycles. The van der Waals surface area contributed by atoms with Gasteiger partial charge in [0.2, 0.25) is 5.91 Å². The van der Waals surface area contributed by atoms with E-state index in [4.69, 9.17) is 4.74 Å². The van der Waals surface area contributed by atoms with Crippen LogP contribution in [0.4, 0.5) is 8.78 Å². The van der Waals surface area contributed by atoms with Gasteiger partial charge in [0, 0.05) is 13.0 Å². The van der Waals surface area contributed by atoms with Gasteiger partial charge < -0.3 is 14.8 Å². The van der Waals surface area contributed by atoms with E-state index in [0.29, 0.717) is 31.7 Å². The Balaban J connectivity index is 1.78. The SMILES string of the molecule is COc1ccc(CCNC(=O)CCc2ccc(C(C)C)cc2)cc1OC(F)F. The highest BCUT2D eigenvalue weighted by Crippen LogP contribution is 2.29. The van der Waals surface area contributed by atoms with Crippen LogP contribution in [0.1, 0.15) is 42.9 Å². The summed E-state index contributed by atoms with van der Waals surface area (Å²) in [4.78, 5) is 12.0. The Labute approximate surface area is 164 Å². The Bertz CT molecular complexity index is 761. The molecule has 0 aliphatic carbocycles. The van der Waals surface area contributed by atoms with Crippen molar-refractivity contribution in [3.05, 3.63) is 59.2 Å². The average molecular weight is 391 g/mol. The summed E-state index contributed by atoms with van der Waals surface area (Å²) < 4.78 is 34.4. The number of benzene rings is 2. The Morgan fingerprint density at radius 2 is 1.68 bits per heavy atom. The van der Waals surface area contributed by atoms with E-state index in [1.807, 2.05) is 0 Å². The van der Waals surface area contributed by atoms with Crippen molar-refractivity contribution in [2.24, 2.45) is 0 Å². The first-order valence-electron chi connectivity index (χ1n) is 9.36. The minimum absolute atomic E-state index is 0.00817. The number of hydrogen-bond donors (Lipinski definition) is 1. The van der Waals surface area contributed by atoms with Gasteiger partial charge in [0.25, 0.3) is 0 Å². The number of nitrogens with one attached hydrogen (secondary N) is 1. The molecule has 0 saturated heterocycles. The molecule has 1 N–H and O–H groups in total. The van der Waals surface area contributed by atoms with Gasteiger partial charge in [-0.2, -0.15) is 8.78 Å². The summed E-state index contributed by atoms with van der Waals surface area (Å²) in [7, 11) is 1.39. The molecule has 4 nitrogen and oxygen atoms in total. The number of aryl methyl sites for hydroxylation is 1. The van der Waals surface area contributed by atoms with E-state index in [-0.39, 0.29) is 17.4 Å². The van der Waals surface area contributed by atoms with E-state index in [1.165, 1.54) is 18.7 Å². The Hall–Kier alpha value is -2.63. The fourth-order valence-electron chi connectivity index (χ4n) is 2.83. The quantitative estimate of drug-likeness (QED) is 0.638. The maximum atomic E-state index is 12.5.